The topological polar surface area (TPSA) is 42.4 Å². The molecular formula is C15H20N2O. The lowest BCUT2D eigenvalue weighted by atomic mass is 10.1. The van der Waals surface area contributed by atoms with Crippen LogP contribution in [0.1, 0.15) is 24.3 Å². The minimum absolute atomic E-state index is 0.0427. The van der Waals surface area contributed by atoms with Crippen LogP contribution in [0.4, 0.5) is 0 Å². The van der Waals surface area contributed by atoms with Crippen molar-refractivity contribution in [2.45, 2.75) is 19.5 Å². The molecule has 1 aromatic heterocycles. The van der Waals surface area contributed by atoms with Gasteiger partial charge in [0.1, 0.15) is 5.76 Å². The maximum atomic E-state index is 6.23. The number of rotatable bonds is 6. The van der Waals surface area contributed by atoms with Crippen molar-refractivity contribution < 1.29 is 4.42 Å². The van der Waals surface area contributed by atoms with Crippen LogP contribution in [-0.2, 0) is 6.54 Å². The zero-order chi connectivity index (χ0) is 12.8. The van der Waals surface area contributed by atoms with Crippen LogP contribution in [-0.4, -0.2) is 18.0 Å². The van der Waals surface area contributed by atoms with Gasteiger partial charge in [-0.1, -0.05) is 37.3 Å². The first kappa shape index (κ1) is 12.9. The number of hydrogen-bond acceptors (Lipinski definition) is 3. The number of likely N-dealkylation sites (N-methyl/N-ethyl adjacent to an activating group) is 1. The van der Waals surface area contributed by atoms with Gasteiger partial charge in [-0.25, -0.2) is 0 Å². The molecule has 18 heavy (non-hydrogen) atoms. The highest BCUT2D eigenvalue weighted by molar-refractivity contribution is 5.18. The number of furan rings is 1. The van der Waals surface area contributed by atoms with Crippen molar-refractivity contribution in [3.05, 3.63) is 60.1 Å². The summed E-state index contributed by atoms with van der Waals surface area (Å²) < 4.78 is 5.37. The van der Waals surface area contributed by atoms with E-state index < -0.39 is 0 Å². The highest BCUT2D eigenvalue weighted by atomic mass is 16.3. The Morgan fingerprint density at radius 2 is 1.94 bits per heavy atom. The first-order valence-electron chi connectivity index (χ1n) is 6.35. The molecule has 1 atom stereocenters. The molecular weight excluding hydrogens is 224 g/mol. The molecule has 2 aromatic rings. The van der Waals surface area contributed by atoms with Gasteiger partial charge in [0, 0.05) is 12.6 Å². The second-order valence-electron chi connectivity index (χ2n) is 4.42. The molecule has 0 aliphatic rings. The average molecular weight is 244 g/mol. The van der Waals surface area contributed by atoms with Crippen molar-refractivity contribution in [3.8, 4) is 0 Å². The summed E-state index contributed by atoms with van der Waals surface area (Å²) in [4.78, 5) is 2.29. The summed E-state index contributed by atoms with van der Waals surface area (Å²) in [6.45, 7) is 4.74. The van der Waals surface area contributed by atoms with Gasteiger partial charge in [0.25, 0.3) is 0 Å². The van der Waals surface area contributed by atoms with Crippen molar-refractivity contribution in [3.63, 3.8) is 0 Å². The van der Waals surface area contributed by atoms with E-state index in [0.717, 1.165) is 25.4 Å². The summed E-state index contributed by atoms with van der Waals surface area (Å²) in [6, 6.07) is 14.2. The van der Waals surface area contributed by atoms with Crippen molar-refractivity contribution in [1.82, 2.24) is 4.90 Å². The monoisotopic (exact) mass is 244 g/mol. The molecule has 3 heteroatoms. The summed E-state index contributed by atoms with van der Waals surface area (Å²) in [5, 5.41) is 0. The fraction of sp³-hybridized carbons (Fsp3) is 0.333. The number of nitrogens with two attached hydrogens (primary N) is 1. The fourth-order valence-electron chi connectivity index (χ4n) is 2.01. The van der Waals surface area contributed by atoms with E-state index in [4.69, 9.17) is 10.2 Å². The van der Waals surface area contributed by atoms with Crippen molar-refractivity contribution in [2.75, 3.05) is 13.1 Å². The summed E-state index contributed by atoms with van der Waals surface area (Å²) in [5.74, 6) is 0.983. The van der Waals surface area contributed by atoms with Crippen LogP contribution < -0.4 is 5.73 Å². The van der Waals surface area contributed by atoms with E-state index >= 15 is 0 Å². The molecule has 0 aliphatic heterocycles. The highest BCUT2D eigenvalue weighted by Crippen LogP contribution is 2.13. The maximum absolute atomic E-state index is 6.23. The van der Waals surface area contributed by atoms with Gasteiger partial charge in [0.2, 0.25) is 0 Å². The van der Waals surface area contributed by atoms with Crippen LogP contribution in [0.3, 0.4) is 0 Å². The lowest BCUT2D eigenvalue weighted by Crippen LogP contribution is -2.31. The zero-order valence-corrected chi connectivity index (χ0v) is 10.8. The molecule has 96 valence electrons. The van der Waals surface area contributed by atoms with E-state index in [1.165, 1.54) is 5.56 Å². The minimum Gasteiger partial charge on any atom is -0.468 e. The van der Waals surface area contributed by atoms with E-state index in [9.17, 15) is 0 Å². The Labute approximate surface area is 108 Å². The molecule has 1 aromatic carbocycles. The average Bonchev–Trinajstić information content (AvgIpc) is 2.91. The van der Waals surface area contributed by atoms with Crippen molar-refractivity contribution >= 4 is 0 Å². The van der Waals surface area contributed by atoms with Gasteiger partial charge >= 0.3 is 0 Å². The quantitative estimate of drug-likeness (QED) is 0.849. The Bertz CT molecular complexity index is 439. The van der Waals surface area contributed by atoms with Crippen LogP contribution in [0.5, 0.6) is 0 Å². The number of benzene rings is 1. The Morgan fingerprint density at radius 1 is 1.17 bits per heavy atom. The summed E-state index contributed by atoms with van der Waals surface area (Å²) in [5.41, 5.74) is 7.40. The van der Waals surface area contributed by atoms with Crippen LogP contribution >= 0.6 is 0 Å². The number of hydrogen-bond donors (Lipinski definition) is 1. The fourth-order valence-corrected chi connectivity index (χ4v) is 2.01. The van der Waals surface area contributed by atoms with Crippen molar-refractivity contribution in [1.29, 1.82) is 0 Å². The molecule has 1 heterocycles. The third-order valence-corrected chi connectivity index (χ3v) is 3.09. The second kappa shape index (κ2) is 6.38. The second-order valence-corrected chi connectivity index (χ2v) is 4.42. The highest BCUT2D eigenvalue weighted by Gasteiger charge is 2.12. The molecule has 0 saturated carbocycles. The van der Waals surface area contributed by atoms with E-state index in [1.807, 2.05) is 30.3 Å². The predicted molar refractivity (Wildman–Crippen MR) is 73.0 cm³/mol. The summed E-state index contributed by atoms with van der Waals surface area (Å²) >= 11 is 0. The first-order valence-corrected chi connectivity index (χ1v) is 6.35. The van der Waals surface area contributed by atoms with E-state index in [2.05, 4.69) is 24.0 Å². The molecule has 0 bridgehead atoms. The van der Waals surface area contributed by atoms with Crippen LogP contribution in [0.2, 0.25) is 0 Å². The Balaban J connectivity index is 1.94. The van der Waals surface area contributed by atoms with Crippen LogP contribution in [0.25, 0.3) is 0 Å². The summed E-state index contributed by atoms with van der Waals surface area (Å²) in [7, 11) is 0. The third kappa shape index (κ3) is 3.45. The molecule has 3 nitrogen and oxygen atoms in total. The largest absolute Gasteiger partial charge is 0.468 e. The first-order chi connectivity index (χ1) is 8.79. The smallest absolute Gasteiger partial charge is 0.117 e. The van der Waals surface area contributed by atoms with Gasteiger partial charge in [-0.2, -0.15) is 0 Å². The Hall–Kier alpha value is -1.58. The minimum atomic E-state index is 0.0427. The van der Waals surface area contributed by atoms with Crippen LogP contribution in [0, 0.1) is 0 Å². The lowest BCUT2D eigenvalue weighted by molar-refractivity contribution is 0.241. The Kier molecular flexibility index (Phi) is 4.56. The van der Waals surface area contributed by atoms with Gasteiger partial charge in [-0.3, -0.25) is 4.90 Å². The maximum Gasteiger partial charge on any atom is 0.117 e. The molecule has 0 radical (unpaired) electrons. The molecule has 2 N–H and O–H groups in total. The van der Waals surface area contributed by atoms with E-state index in [0.29, 0.717) is 0 Å². The molecule has 1 unspecified atom stereocenters. The molecule has 0 fully saturated rings. The predicted octanol–water partition coefficient (Wildman–Crippen LogP) is 2.80. The molecule has 0 amide bonds. The summed E-state index contributed by atoms with van der Waals surface area (Å²) in [6.07, 6.45) is 1.71. The third-order valence-electron chi connectivity index (χ3n) is 3.09. The molecule has 0 spiro atoms. The van der Waals surface area contributed by atoms with Crippen molar-refractivity contribution in [2.24, 2.45) is 5.73 Å². The van der Waals surface area contributed by atoms with Gasteiger partial charge in [-0.05, 0) is 24.2 Å². The molecule has 0 saturated heterocycles. The standard InChI is InChI=1S/C15H20N2O/c1-2-17(11-14-9-6-10-18-14)12-15(16)13-7-4-3-5-8-13/h3-10,15H,2,11-12,16H2,1H3. The van der Waals surface area contributed by atoms with Crippen LogP contribution in [0.15, 0.2) is 53.1 Å². The lowest BCUT2D eigenvalue weighted by Gasteiger charge is -2.23. The Morgan fingerprint density at radius 3 is 2.56 bits per heavy atom. The zero-order valence-electron chi connectivity index (χ0n) is 10.8. The number of nitrogens with zero attached hydrogens (tertiary/aromatic N) is 1. The van der Waals surface area contributed by atoms with E-state index in [1.54, 1.807) is 6.26 Å². The van der Waals surface area contributed by atoms with Gasteiger partial charge < -0.3 is 10.2 Å². The molecule has 2 rings (SSSR count). The SMILES string of the molecule is CCN(Cc1ccco1)CC(N)c1ccccc1. The van der Waals surface area contributed by atoms with Gasteiger partial charge in [-0.15, -0.1) is 0 Å². The normalized spacial score (nSPS) is 12.8. The van der Waals surface area contributed by atoms with Gasteiger partial charge in [0.15, 0.2) is 0 Å². The molecule has 0 aliphatic carbocycles. The van der Waals surface area contributed by atoms with E-state index in [-0.39, 0.29) is 6.04 Å². The van der Waals surface area contributed by atoms with Gasteiger partial charge in [0.05, 0.1) is 12.8 Å².